The summed E-state index contributed by atoms with van der Waals surface area (Å²) in [5.74, 6) is 2.98. The zero-order valence-corrected chi connectivity index (χ0v) is 19.2. The molecule has 8 nitrogen and oxygen atoms in total. The Kier molecular flexibility index (Phi) is 5.95. The van der Waals surface area contributed by atoms with E-state index in [0.717, 1.165) is 65.9 Å². The van der Waals surface area contributed by atoms with Crippen LogP contribution in [0.15, 0.2) is 65.4 Å². The number of benzene rings is 1. The number of carbonyl (C=O) groups excluding carboxylic acids is 1. The van der Waals surface area contributed by atoms with Crippen LogP contribution in [0.4, 0.5) is 17.5 Å². The zero-order valence-electron chi connectivity index (χ0n) is 19.2. The van der Waals surface area contributed by atoms with Crippen molar-refractivity contribution in [3.63, 3.8) is 0 Å². The third-order valence-electron chi connectivity index (χ3n) is 5.87. The Labute approximate surface area is 198 Å². The molecule has 5 rings (SSSR count). The van der Waals surface area contributed by atoms with Gasteiger partial charge in [0.25, 0.3) is 0 Å². The van der Waals surface area contributed by atoms with Gasteiger partial charge < -0.3 is 19.5 Å². The van der Waals surface area contributed by atoms with E-state index >= 15 is 0 Å². The first-order chi connectivity index (χ1) is 16.5. The largest absolute Gasteiger partial charge is 0.462 e. The zero-order chi connectivity index (χ0) is 23.5. The SMILES string of the molecule is Cc1ccc(C=CC(=O)Nc2ccc3nc(N4CCN(c5ncccn5)CC4)cc(C)c3c2)o1. The molecule has 4 aromatic rings. The van der Waals surface area contributed by atoms with Gasteiger partial charge in [-0.25, -0.2) is 15.0 Å². The van der Waals surface area contributed by atoms with Crippen LogP contribution in [0.2, 0.25) is 0 Å². The molecular formula is C26H26N6O2. The van der Waals surface area contributed by atoms with E-state index in [4.69, 9.17) is 9.40 Å². The lowest BCUT2D eigenvalue weighted by Crippen LogP contribution is -2.47. The molecule has 0 unspecified atom stereocenters. The van der Waals surface area contributed by atoms with E-state index in [2.05, 4.69) is 38.1 Å². The number of pyridine rings is 1. The predicted octanol–water partition coefficient (Wildman–Crippen LogP) is 4.21. The Hall–Kier alpha value is -4.20. The molecule has 0 spiro atoms. The summed E-state index contributed by atoms with van der Waals surface area (Å²) in [5, 5.41) is 3.93. The van der Waals surface area contributed by atoms with Crippen molar-refractivity contribution in [2.45, 2.75) is 13.8 Å². The lowest BCUT2D eigenvalue weighted by atomic mass is 10.1. The number of aromatic nitrogens is 3. The molecule has 1 fully saturated rings. The lowest BCUT2D eigenvalue weighted by molar-refractivity contribution is -0.111. The van der Waals surface area contributed by atoms with E-state index in [-0.39, 0.29) is 5.91 Å². The van der Waals surface area contributed by atoms with Gasteiger partial charge in [0, 0.05) is 55.7 Å². The number of furan rings is 1. The molecule has 1 amide bonds. The lowest BCUT2D eigenvalue weighted by Gasteiger charge is -2.35. The average molecular weight is 455 g/mol. The molecule has 0 radical (unpaired) electrons. The Balaban J connectivity index is 1.27. The minimum absolute atomic E-state index is 0.212. The maximum Gasteiger partial charge on any atom is 0.248 e. The number of anilines is 3. The Morgan fingerprint density at radius 3 is 2.50 bits per heavy atom. The molecule has 1 N–H and O–H groups in total. The molecule has 34 heavy (non-hydrogen) atoms. The van der Waals surface area contributed by atoms with Gasteiger partial charge in [0.2, 0.25) is 11.9 Å². The summed E-state index contributed by atoms with van der Waals surface area (Å²) < 4.78 is 5.46. The third kappa shape index (κ3) is 4.76. The standard InChI is InChI=1S/C26H26N6O2/c1-18-16-24(31-12-14-32(15-13-31)26-27-10-3-11-28-26)30-23-8-5-20(17-22(18)23)29-25(33)9-7-21-6-4-19(2)34-21/h3-11,16-17H,12-15H2,1-2H3,(H,29,33). The summed E-state index contributed by atoms with van der Waals surface area (Å²) in [6, 6.07) is 13.4. The van der Waals surface area contributed by atoms with Crippen molar-refractivity contribution in [2.24, 2.45) is 0 Å². The second-order valence-electron chi connectivity index (χ2n) is 8.32. The Morgan fingerprint density at radius 2 is 1.76 bits per heavy atom. The van der Waals surface area contributed by atoms with Crippen LogP contribution >= 0.6 is 0 Å². The third-order valence-corrected chi connectivity index (χ3v) is 5.87. The molecule has 0 atom stereocenters. The van der Waals surface area contributed by atoms with Crippen LogP contribution in [-0.2, 0) is 4.79 Å². The molecule has 8 heteroatoms. The van der Waals surface area contributed by atoms with E-state index < -0.39 is 0 Å². The van der Waals surface area contributed by atoms with Crippen molar-refractivity contribution < 1.29 is 9.21 Å². The van der Waals surface area contributed by atoms with Crippen molar-refractivity contribution in [2.75, 3.05) is 41.3 Å². The van der Waals surface area contributed by atoms with E-state index in [1.54, 1.807) is 18.5 Å². The van der Waals surface area contributed by atoms with Crippen LogP contribution in [-0.4, -0.2) is 47.0 Å². The smallest absolute Gasteiger partial charge is 0.248 e. The second-order valence-corrected chi connectivity index (χ2v) is 8.32. The van der Waals surface area contributed by atoms with Crippen molar-refractivity contribution in [3.05, 3.63) is 78.0 Å². The van der Waals surface area contributed by atoms with Crippen molar-refractivity contribution in [1.82, 2.24) is 15.0 Å². The molecule has 1 aliphatic rings. The van der Waals surface area contributed by atoms with E-state index in [9.17, 15) is 4.79 Å². The highest BCUT2D eigenvalue weighted by atomic mass is 16.3. The first kappa shape index (κ1) is 21.6. The fourth-order valence-corrected chi connectivity index (χ4v) is 4.09. The summed E-state index contributed by atoms with van der Waals surface area (Å²) in [6.07, 6.45) is 6.68. The topological polar surface area (TPSA) is 87.4 Å². The fraction of sp³-hybridized carbons (Fsp3) is 0.231. The van der Waals surface area contributed by atoms with Gasteiger partial charge in [0.1, 0.15) is 17.3 Å². The number of hydrogen-bond acceptors (Lipinski definition) is 7. The van der Waals surface area contributed by atoms with Crippen LogP contribution in [0, 0.1) is 13.8 Å². The highest BCUT2D eigenvalue weighted by Crippen LogP contribution is 2.26. The summed E-state index contributed by atoms with van der Waals surface area (Å²) >= 11 is 0. The summed E-state index contributed by atoms with van der Waals surface area (Å²) in [7, 11) is 0. The number of piperazine rings is 1. The van der Waals surface area contributed by atoms with Crippen molar-refractivity contribution in [3.8, 4) is 0 Å². The summed E-state index contributed by atoms with van der Waals surface area (Å²) in [4.78, 5) is 30.4. The number of nitrogens with zero attached hydrogens (tertiary/aromatic N) is 5. The molecule has 4 heterocycles. The van der Waals surface area contributed by atoms with E-state index in [0.29, 0.717) is 5.76 Å². The molecule has 3 aromatic heterocycles. The molecule has 1 aliphatic heterocycles. The van der Waals surface area contributed by atoms with Crippen LogP contribution in [0.25, 0.3) is 17.0 Å². The van der Waals surface area contributed by atoms with Gasteiger partial charge in [0.05, 0.1) is 5.52 Å². The molecule has 1 saturated heterocycles. The number of carbonyl (C=O) groups is 1. The fourth-order valence-electron chi connectivity index (χ4n) is 4.09. The minimum atomic E-state index is -0.212. The van der Waals surface area contributed by atoms with E-state index in [1.165, 1.54) is 6.08 Å². The van der Waals surface area contributed by atoms with Crippen molar-refractivity contribution in [1.29, 1.82) is 0 Å². The maximum absolute atomic E-state index is 12.3. The van der Waals surface area contributed by atoms with Crippen LogP contribution in [0.1, 0.15) is 17.1 Å². The molecule has 0 bridgehead atoms. The summed E-state index contributed by atoms with van der Waals surface area (Å²) in [5.41, 5.74) is 2.75. The number of fused-ring (bicyclic) bond motifs is 1. The van der Waals surface area contributed by atoms with E-state index in [1.807, 2.05) is 43.3 Å². The van der Waals surface area contributed by atoms with Crippen LogP contribution < -0.4 is 15.1 Å². The number of aryl methyl sites for hydroxylation is 2. The highest BCUT2D eigenvalue weighted by Gasteiger charge is 2.20. The number of amides is 1. The van der Waals surface area contributed by atoms with Gasteiger partial charge in [0.15, 0.2) is 0 Å². The monoisotopic (exact) mass is 454 g/mol. The maximum atomic E-state index is 12.3. The van der Waals surface area contributed by atoms with Gasteiger partial charge in [-0.1, -0.05) is 0 Å². The first-order valence-electron chi connectivity index (χ1n) is 11.3. The van der Waals surface area contributed by atoms with Crippen LogP contribution in [0.5, 0.6) is 0 Å². The number of rotatable bonds is 5. The highest BCUT2D eigenvalue weighted by molar-refractivity contribution is 6.03. The van der Waals surface area contributed by atoms with Crippen molar-refractivity contribution >= 4 is 40.3 Å². The second kappa shape index (κ2) is 9.35. The Morgan fingerprint density at radius 1 is 1.00 bits per heavy atom. The van der Waals surface area contributed by atoms with Gasteiger partial charge in [-0.15, -0.1) is 0 Å². The van der Waals surface area contributed by atoms with Gasteiger partial charge in [-0.3, -0.25) is 4.79 Å². The van der Waals surface area contributed by atoms with Crippen LogP contribution in [0.3, 0.4) is 0 Å². The number of hydrogen-bond donors (Lipinski definition) is 1. The van der Waals surface area contributed by atoms with Gasteiger partial charge in [-0.05, 0) is 68.0 Å². The molecule has 172 valence electrons. The normalized spacial score (nSPS) is 14.2. The quantitative estimate of drug-likeness (QED) is 0.452. The summed E-state index contributed by atoms with van der Waals surface area (Å²) in [6.45, 7) is 7.34. The Bertz CT molecular complexity index is 1340. The predicted molar refractivity (Wildman–Crippen MR) is 134 cm³/mol. The molecule has 0 aliphatic carbocycles. The molecular weight excluding hydrogens is 428 g/mol. The van der Waals surface area contributed by atoms with Gasteiger partial charge in [-0.2, -0.15) is 0 Å². The molecule has 0 saturated carbocycles. The first-order valence-corrected chi connectivity index (χ1v) is 11.3. The van der Waals surface area contributed by atoms with Gasteiger partial charge >= 0.3 is 0 Å². The average Bonchev–Trinajstić information content (AvgIpc) is 3.29. The number of nitrogens with one attached hydrogen (secondary N) is 1. The minimum Gasteiger partial charge on any atom is -0.462 e. The molecule has 1 aromatic carbocycles.